The van der Waals surface area contributed by atoms with Gasteiger partial charge in [-0.25, -0.2) is 0 Å². The second-order valence-electron chi connectivity index (χ2n) is 4.17. The highest BCUT2D eigenvalue weighted by atomic mass is 35.5. The van der Waals surface area contributed by atoms with Crippen molar-refractivity contribution >= 4 is 11.6 Å². The van der Waals surface area contributed by atoms with Gasteiger partial charge in [0, 0.05) is 19.0 Å². The largest absolute Gasteiger partial charge is 0.305 e. The van der Waals surface area contributed by atoms with E-state index < -0.39 is 0 Å². The summed E-state index contributed by atoms with van der Waals surface area (Å²) < 4.78 is 0. The number of halogens is 1. The highest BCUT2D eigenvalue weighted by Gasteiger charge is 2.01. The van der Waals surface area contributed by atoms with Gasteiger partial charge < -0.3 is 4.90 Å². The third-order valence-corrected chi connectivity index (χ3v) is 2.90. The molecule has 2 heteroatoms. The zero-order valence-corrected chi connectivity index (χ0v) is 10.6. The molecular formula is C13H20ClN. The van der Waals surface area contributed by atoms with Gasteiger partial charge in [0.1, 0.15) is 0 Å². The minimum Gasteiger partial charge on any atom is -0.305 e. The molecule has 84 valence electrons. The molecule has 0 saturated heterocycles. The monoisotopic (exact) mass is 225 g/mol. The van der Waals surface area contributed by atoms with Crippen LogP contribution in [0.3, 0.4) is 0 Å². The standard InChI is InChI=1S/C13H20ClN/c1-11-4-5-13(12(2)10-11)6-8-15(3)9-7-14/h4-5,10H,6-9H2,1-3H3. The van der Waals surface area contributed by atoms with Gasteiger partial charge in [0.25, 0.3) is 0 Å². The van der Waals surface area contributed by atoms with Gasteiger partial charge in [-0.2, -0.15) is 0 Å². The zero-order chi connectivity index (χ0) is 11.3. The summed E-state index contributed by atoms with van der Waals surface area (Å²) in [7, 11) is 2.12. The Kier molecular flexibility index (Phi) is 5.13. The molecule has 0 saturated carbocycles. The molecule has 0 aliphatic heterocycles. The number of hydrogen-bond acceptors (Lipinski definition) is 1. The summed E-state index contributed by atoms with van der Waals surface area (Å²) in [5.41, 5.74) is 4.18. The first-order valence-corrected chi connectivity index (χ1v) is 5.97. The van der Waals surface area contributed by atoms with E-state index in [1.807, 2.05) is 0 Å². The van der Waals surface area contributed by atoms with Crippen LogP contribution < -0.4 is 0 Å². The Morgan fingerprint density at radius 2 is 1.93 bits per heavy atom. The van der Waals surface area contributed by atoms with Crippen molar-refractivity contribution in [1.82, 2.24) is 4.90 Å². The fourth-order valence-corrected chi connectivity index (χ4v) is 1.98. The van der Waals surface area contributed by atoms with E-state index in [-0.39, 0.29) is 0 Å². The molecule has 0 spiro atoms. The van der Waals surface area contributed by atoms with Gasteiger partial charge in [0.2, 0.25) is 0 Å². The molecule has 1 nitrogen and oxygen atoms in total. The Morgan fingerprint density at radius 1 is 1.20 bits per heavy atom. The van der Waals surface area contributed by atoms with E-state index in [0.29, 0.717) is 5.88 Å². The molecule has 1 rings (SSSR count). The quantitative estimate of drug-likeness (QED) is 0.697. The lowest BCUT2D eigenvalue weighted by molar-refractivity contribution is 0.359. The molecule has 15 heavy (non-hydrogen) atoms. The lowest BCUT2D eigenvalue weighted by atomic mass is 10.0. The van der Waals surface area contributed by atoms with Crippen molar-refractivity contribution in [2.75, 3.05) is 26.0 Å². The van der Waals surface area contributed by atoms with Crippen molar-refractivity contribution in [1.29, 1.82) is 0 Å². The first-order chi connectivity index (χ1) is 7.13. The number of alkyl halides is 1. The van der Waals surface area contributed by atoms with Gasteiger partial charge >= 0.3 is 0 Å². The number of aryl methyl sites for hydroxylation is 2. The molecule has 0 atom stereocenters. The molecule has 0 aromatic heterocycles. The third kappa shape index (κ3) is 4.23. The minimum atomic E-state index is 0.712. The highest BCUT2D eigenvalue weighted by molar-refractivity contribution is 6.18. The normalized spacial score (nSPS) is 11.0. The first kappa shape index (κ1) is 12.5. The zero-order valence-electron chi connectivity index (χ0n) is 9.89. The summed E-state index contributed by atoms with van der Waals surface area (Å²) in [5, 5.41) is 0. The van der Waals surface area contributed by atoms with Gasteiger partial charge in [-0.3, -0.25) is 0 Å². The average molecular weight is 226 g/mol. The van der Waals surface area contributed by atoms with E-state index in [0.717, 1.165) is 19.5 Å². The van der Waals surface area contributed by atoms with Crippen LogP contribution in [0.25, 0.3) is 0 Å². The maximum absolute atomic E-state index is 5.69. The van der Waals surface area contributed by atoms with Crippen LogP contribution in [-0.4, -0.2) is 30.9 Å². The molecule has 0 heterocycles. The molecule has 0 fully saturated rings. The summed E-state index contributed by atoms with van der Waals surface area (Å²) in [6.45, 7) is 6.36. The van der Waals surface area contributed by atoms with Crippen LogP contribution in [-0.2, 0) is 6.42 Å². The topological polar surface area (TPSA) is 3.24 Å². The molecule has 0 N–H and O–H groups in total. The van der Waals surface area contributed by atoms with Crippen molar-refractivity contribution < 1.29 is 0 Å². The van der Waals surface area contributed by atoms with Crippen molar-refractivity contribution in [2.45, 2.75) is 20.3 Å². The number of hydrogen-bond donors (Lipinski definition) is 0. The fourth-order valence-electron chi connectivity index (χ4n) is 1.69. The lowest BCUT2D eigenvalue weighted by Gasteiger charge is -2.15. The number of rotatable bonds is 5. The predicted molar refractivity (Wildman–Crippen MR) is 67.8 cm³/mol. The summed E-state index contributed by atoms with van der Waals surface area (Å²) in [6, 6.07) is 6.67. The third-order valence-electron chi connectivity index (χ3n) is 2.73. The van der Waals surface area contributed by atoms with E-state index in [9.17, 15) is 0 Å². The van der Waals surface area contributed by atoms with Crippen LogP contribution in [0, 0.1) is 13.8 Å². The number of likely N-dealkylation sites (N-methyl/N-ethyl adjacent to an activating group) is 1. The van der Waals surface area contributed by atoms with Crippen LogP contribution in [0.1, 0.15) is 16.7 Å². The maximum Gasteiger partial charge on any atom is 0.0351 e. The minimum absolute atomic E-state index is 0.712. The summed E-state index contributed by atoms with van der Waals surface area (Å²) in [4.78, 5) is 2.27. The lowest BCUT2D eigenvalue weighted by Crippen LogP contribution is -2.23. The van der Waals surface area contributed by atoms with Crippen LogP contribution >= 0.6 is 11.6 Å². The molecule has 0 bridgehead atoms. The SMILES string of the molecule is Cc1ccc(CCN(C)CCCl)c(C)c1. The molecule has 0 aliphatic carbocycles. The average Bonchev–Trinajstić information content (AvgIpc) is 2.17. The van der Waals surface area contributed by atoms with Crippen molar-refractivity contribution in [3.05, 3.63) is 34.9 Å². The Morgan fingerprint density at radius 3 is 2.53 bits per heavy atom. The van der Waals surface area contributed by atoms with Crippen molar-refractivity contribution in [2.24, 2.45) is 0 Å². The second kappa shape index (κ2) is 6.14. The van der Waals surface area contributed by atoms with Crippen LogP contribution in [0.15, 0.2) is 18.2 Å². The summed E-state index contributed by atoms with van der Waals surface area (Å²) in [6.07, 6.45) is 1.11. The fraction of sp³-hybridized carbons (Fsp3) is 0.538. The highest BCUT2D eigenvalue weighted by Crippen LogP contribution is 2.11. The maximum atomic E-state index is 5.69. The van der Waals surface area contributed by atoms with Crippen molar-refractivity contribution in [3.8, 4) is 0 Å². The van der Waals surface area contributed by atoms with Gasteiger partial charge in [-0.05, 0) is 38.4 Å². The molecule has 1 aromatic carbocycles. The van der Waals surface area contributed by atoms with Crippen LogP contribution in [0.5, 0.6) is 0 Å². The van der Waals surface area contributed by atoms with E-state index in [1.165, 1.54) is 16.7 Å². The molecule has 0 unspecified atom stereocenters. The summed E-state index contributed by atoms with van der Waals surface area (Å²) in [5.74, 6) is 0.712. The van der Waals surface area contributed by atoms with Gasteiger partial charge in [-0.15, -0.1) is 11.6 Å². The van der Waals surface area contributed by atoms with Gasteiger partial charge in [0.05, 0.1) is 0 Å². The first-order valence-electron chi connectivity index (χ1n) is 5.44. The van der Waals surface area contributed by atoms with Gasteiger partial charge in [0.15, 0.2) is 0 Å². The Labute approximate surface area is 98.0 Å². The molecule has 0 radical (unpaired) electrons. The predicted octanol–water partition coefficient (Wildman–Crippen LogP) is 3.02. The summed E-state index contributed by atoms with van der Waals surface area (Å²) >= 11 is 5.69. The molecular weight excluding hydrogens is 206 g/mol. The smallest absolute Gasteiger partial charge is 0.0351 e. The Balaban J connectivity index is 2.50. The van der Waals surface area contributed by atoms with E-state index in [1.54, 1.807) is 0 Å². The molecule has 0 amide bonds. The van der Waals surface area contributed by atoms with E-state index in [2.05, 4.69) is 44.0 Å². The second-order valence-corrected chi connectivity index (χ2v) is 4.55. The van der Waals surface area contributed by atoms with Crippen LogP contribution in [0.4, 0.5) is 0 Å². The number of benzene rings is 1. The molecule has 1 aromatic rings. The van der Waals surface area contributed by atoms with Gasteiger partial charge in [-0.1, -0.05) is 23.8 Å². The molecule has 0 aliphatic rings. The Hall–Kier alpha value is -0.530. The van der Waals surface area contributed by atoms with Crippen molar-refractivity contribution in [3.63, 3.8) is 0 Å². The van der Waals surface area contributed by atoms with E-state index >= 15 is 0 Å². The Bertz CT molecular complexity index is 309. The van der Waals surface area contributed by atoms with E-state index in [4.69, 9.17) is 11.6 Å². The number of nitrogens with zero attached hydrogens (tertiary/aromatic N) is 1. The van der Waals surface area contributed by atoms with Crippen LogP contribution in [0.2, 0.25) is 0 Å².